The molecule has 10 nitrogen and oxygen atoms in total. The summed E-state index contributed by atoms with van der Waals surface area (Å²) >= 11 is 0. The number of aromatic amines is 2. The molecule has 1 fully saturated rings. The lowest BCUT2D eigenvalue weighted by Crippen LogP contribution is -2.44. The van der Waals surface area contributed by atoms with Crippen LogP contribution in [-0.2, 0) is 17.6 Å². The van der Waals surface area contributed by atoms with Crippen LogP contribution in [0.3, 0.4) is 0 Å². The summed E-state index contributed by atoms with van der Waals surface area (Å²) in [5, 5.41) is 11.2. The average Bonchev–Trinajstić information content (AvgIpc) is 3.69. The van der Waals surface area contributed by atoms with E-state index in [2.05, 4.69) is 49.3 Å². The summed E-state index contributed by atoms with van der Waals surface area (Å²) in [7, 11) is 2.14. The molecule has 46 heavy (non-hydrogen) atoms. The third-order valence-corrected chi connectivity index (χ3v) is 8.59. The highest BCUT2D eigenvalue weighted by atomic mass is 19.1. The molecule has 5 heterocycles. The number of likely N-dealkylation sites (N-methyl/N-ethyl adjacent to an activating group) is 1. The number of amides is 1. The fourth-order valence-corrected chi connectivity index (χ4v) is 6.03. The number of nitrogens with zero attached hydrogens (tertiary/aromatic N) is 6. The number of unbranched alkanes of at least 4 members (excludes halogenated alkanes) is 1. The molecule has 1 aliphatic rings. The lowest BCUT2D eigenvalue weighted by molar-refractivity contribution is -0.115. The minimum Gasteiger partial charge on any atom is -0.352 e. The molecule has 4 aromatic heterocycles. The van der Waals surface area contributed by atoms with E-state index >= 15 is 4.39 Å². The van der Waals surface area contributed by atoms with E-state index in [9.17, 15) is 4.79 Å². The summed E-state index contributed by atoms with van der Waals surface area (Å²) in [4.78, 5) is 35.1. The molecule has 0 aliphatic carbocycles. The van der Waals surface area contributed by atoms with Crippen LogP contribution in [0.4, 0.5) is 15.9 Å². The maximum atomic E-state index is 15.5. The van der Waals surface area contributed by atoms with Crippen molar-refractivity contribution in [1.82, 2.24) is 35.0 Å². The monoisotopic (exact) mass is 617 g/mol. The Bertz CT molecular complexity index is 2010. The van der Waals surface area contributed by atoms with Crippen molar-refractivity contribution >= 4 is 39.3 Å². The Hall–Kier alpha value is -5.16. The van der Waals surface area contributed by atoms with E-state index in [-0.39, 0.29) is 12.3 Å². The van der Waals surface area contributed by atoms with Crippen molar-refractivity contribution in [2.45, 2.75) is 32.6 Å². The van der Waals surface area contributed by atoms with Gasteiger partial charge < -0.3 is 20.1 Å². The Labute approximate surface area is 266 Å². The summed E-state index contributed by atoms with van der Waals surface area (Å²) in [5.41, 5.74) is 6.33. The van der Waals surface area contributed by atoms with Gasteiger partial charge in [-0.3, -0.25) is 14.9 Å². The third-order valence-electron chi connectivity index (χ3n) is 8.59. The molecular weight excluding hydrogens is 581 g/mol. The molecule has 0 saturated carbocycles. The van der Waals surface area contributed by atoms with Crippen LogP contribution >= 0.6 is 0 Å². The number of pyridine rings is 2. The largest absolute Gasteiger partial charge is 0.352 e. The van der Waals surface area contributed by atoms with Gasteiger partial charge in [0.25, 0.3) is 0 Å². The van der Waals surface area contributed by atoms with Gasteiger partial charge in [-0.2, -0.15) is 5.10 Å². The SMILES string of the molecule is CCCCc1cnc(N2CCN(C)CC2)c2[nH]c(-c3n[nH]c4cc(F)c(-c5cncc(NC(=O)Cc6ccccc6)c5)cc34)nc12. The van der Waals surface area contributed by atoms with Gasteiger partial charge in [-0.1, -0.05) is 43.7 Å². The van der Waals surface area contributed by atoms with Crippen LogP contribution in [0.5, 0.6) is 0 Å². The van der Waals surface area contributed by atoms with Crippen molar-refractivity contribution in [3.05, 3.63) is 84.1 Å². The van der Waals surface area contributed by atoms with Crippen LogP contribution in [-0.4, -0.2) is 74.2 Å². The van der Waals surface area contributed by atoms with Gasteiger partial charge in [0, 0.05) is 61.2 Å². The standard InChI is InChI=1S/C35H36FN9O/c1-3-4-10-23-20-38-35(45-13-11-44(2)12-14-45)33-31(23)40-34(41-33)32-27-17-26(28(36)18-29(27)42-43-32)24-16-25(21-37-19-24)39-30(46)15-22-8-6-5-7-9-22/h5-9,16-21H,3-4,10-15H2,1-2H3,(H,39,46)(H,40,41)(H,42,43). The minimum absolute atomic E-state index is 0.174. The maximum Gasteiger partial charge on any atom is 0.228 e. The number of benzene rings is 2. The molecule has 2 aromatic carbocycles. The second kappa shape index (κ2) is 12.7. The number of imidazole rings is 1. The van der Waals surface area contributed by atoms with E-state index < -0.39 is 5.82 Å². The van der Waals surface area contributed by atoms with Crippen molar-refractivity contribution < 1.29 is 9.18 Å². The predicted molar refractivity (Wildman–Crippen MR) is 179 cm³/mol. The lowest BCUT2D eigenvalue weighted by atomic mass is 10.0. The summed E-state index contributed by atoms with van der Waals surface area (Å²) in [6.45, 7) is 5.87. The number of halogens is 1. The highest BCUT2D eigenvalue weighted by Crippen LogP contribution is 2.35. The lowest BCUT2D eigenvalue weighted by Gasteiger charge is -2.33. The van der Waals surface area contributed by atoms with Crippen LogP contribution in [0.1, 0.15) is 30.9 Å². The molecule has 1 saturated heterocycles. The summed E-state index contributed by atoms with van der Waals surface area (Å²) in [6, 6.07) is 14.4. The van der Waals surface area contributed by atoms with Gasteiger partial charge >= 0.3 is 0 Å². The molecule has 0 bridgehead atoms. The topological polar surface area (TPSA) is 119 Å². The van der Waals surface area contributed by atoms with Crippen LogP contribution in [0.25, 0.3) is 44.6 Å². The van der Waals surface area contributed by atoms with Crippen molar-refractivity contribution in [1.29, 1.82) is 0 Å². The number of anilines is 2. The predicted octanol–water partition coefficient (Wildman–Crippen LogP) is 5.98. The summed E-state index contributed by atoms with van der Waals surface area (Å²) in [5.74, 6) is 0.892. The second-order valence-corrected chi connectivity index (χ2v) is 11.9. The van der Waals surface area contributed by atoms with Crippen molar-refractivity contribution in [2.75, 3.05) is 43.4 Å². The average molecular weight is 618 g/mol. The summed E-state index contributed by atoms with van der Waals surface area (Å²) < 4.78 is 15.5. The maximum absolute atomic E-state index is 15.5. The molecule has 3 N–H and O–H groups in total. The number of H-pyrrole nitrogens is 2. The first-order valence-corrected chi connectivity index (χ1v) is 15.7. The van der Waals surface area contributed by atoms with Crippen molar-refractivity contribution in [2.24, 2.45) is 0 Å². The fraction of sp³-hybridized carbons (Fsp3) is 0.286. The molecule has 1 amide bonds. The van der Waals surface area contributed by atoms with Crippen molar-refractivity contribution in [3.63, 3.8) is 0 Å². The number of hydrogen-bond acceptors (Lipinski definition) is 7. The van der Waals surface area contributed by atoms with Gasteiger partial charge in [0.2, 0.25) is 5.91 Å². The zero-order valence-electron chi connectivity index (χ0n) is 26.0. The number of piperazine rings is 1. The zero-order valence-corrected chi connectivity index (χ0v) is 26.0. The van der Waals surface area contributed by atoms with Crippen molar-refractivity contribution in [3.8, 4) is 22.6 Å². The Morgan fingerprint density at radius 3 is 2.67 bits per heavy atom. The van der Waals surface area contributed by atoms with Crippen LogP contribution in [0, 0.1) is 5.82 Å². The number of carbonyl (C=O) groups excluding carboxylic acids is 1. The quantitative estimate of drug-likeness (QED) is 0.183. The number of nitrogens with one attached hydrogen (secondary N) is 3. The van der Waals surface area contributed by atoms with E-state index in [4.69, 9.17) is 9.97 Å². The van der Waals surface area contributed by atoms with Gasteiger partial charge in [0.15, 0.2) is 11.6 Å². The smallest absolute Gasteiger partial charge is 0.228 e. The van der Waals surface area contributed by atoms with E-state index in [1.165, 1.54) is 6.07 Å². The normalized spacial score (nSPS) is 13.9. The highest BCUT2D eigenvalue weighted by molar-refractivity contribution is 5.98. The molecule has 7 rings (SSSR count). The molecule has 0 spiro atoms. The first kappa shape index (κ1) is 29.5. The number of aromatic nitrogens is 6. The molecule has 6 aromatic rings. The van der Waals surface area contributed by atoms with E-state index in [1.807, 2.05) is 36.5 Å². The Kier molecular flexibility index (Phi) is 8.15. The number of carbonyl (C=O) groups is 1. The molecular formula is C35H36FN9O. The van der Waals surface area contributed by atoms with Crippen LogP contribution in [0.15, 0.2) is 67.1 Å². The first-order valence-electron chi connectivity index (χ1n) is 15.7. The number of rotatable bonds is 9. The van der Waals surface area contributed by atoms with Gasteiger partial charge in [0.05, 0.1) is 29.3 Å². The van der Waals surface area contributed by atoms with Crippen LogP contribution < -0.4 is 10.2 Å². The first-order chi connectivity index (χ1) is 22.5. The second-order valence-electron chi connectivity index (χ2n) is 11.9. The van der Waals surface area contributed by atoms with Crippen LogP contribution in [0.2, 0.25) is 0 Å². The third kappa shape index (κ3) is 5.93. The number of hydrogen-bond donors (Lipinski definition) is 3. The zero-order chi connectivity index (χ0) is 31.6. The minimum atomic E-state index is -0.426. The van der Waals surface area contributed by atoms with Gasteiger partial charge in [0.1, 0.15) is 17.0 Å². The molecule has 0 unspecified atom stereocenters. The fourth-order valence-electron chi connectivity index (χ4n) is 6.03. The van der Waals surface area contributed by atoms with Gasteiger partial charge in [-0.05, 0) is 43.1 Å². The van der Waals surface area contributed by atoms with E-state index in [0.29, 0.717) is 33.8 Å². The Balaban J connectivity index is 1.24. The summed E-state index contributed by atoms with van der Waals surface area (Å²) in [6.07, 6.45) is 8.34. The molecule has 0 atom stereocenters. The molecule has 11 heteroatoms. The van der Waals surface area contributed by atoms with Gasteiger partial charge in [-0.15, -0.1) is 0 Å². The van der Waals surface area contributed by atoms with Gasteiger partial charge in [-0.25, -0.2) is 14.4 Å². The van der Waals surface area contributed by atoms with E-state index in [1.54, 1.807) is 24.5 Å². The Morgan fingerprint density at radius 2 is 1.87 bits per heavy atom. The Morgan fingerprint density at radius 1 is 1.04 bits per heavy atom. The molecule has 0 radical (unpaired) electrons. The highest BCUT2D eigenvalue weighted by Gasteiger charge is 2.23. The molecule has 1 aliphatic heterocycles. The van der Waals surface area contributed by atoms with E-state index in [0.717, 1.165) is 78.8 Å². The number of fused-ring (bicyclic) bond motifs is 2. The number of aryl methyl sites for hydroxylation is 1. The molecule has 234 valence electrons.